The van der Waals surface area contributed by atoms with Crippen LogP contribution in [0.4, 0.5) is 11.4 Å². The van der Waals surface area contributed by atoms with Crippen LogP contribution < -0.4 is 9.89 Å². The summed E-state index contributed by atoms with van der Waals surface area (Å²) in [6, 6.07) is 26.0. The molecule has 2 heterocycles. The fourth-order valence-corrected chi connectivity index (χ4v) is 4.54. The molecule has 1 aromatic heterocycles. The van der Waals surface area contributed by atoms with Crippen molar-refractivity contribution in [3.63, 3.8) is 0 Å². The van der Waals surface area contributed by atoms with Crippen molar-refractivity contribution in [3.8, 4) is 0 Å². The molecule has 1 aliphatic rings. The predicted octanol–water partition coefficient (Wildman–Crippen LogP) is 4.69. The average Bonchev–Trinajstić information content (AvgIpc) is 3.25. The van der Waals surface area contributed by atoms with Gasteiger partial charge in [0.15, 0.2) is 5.71 Å². The highest BCUT2D eigenvalue weighted by molar-refractivity contribution is 6.32. The topological polar surface area (TPSA) is 33.0 Å². The Morgan fingerprint density at radius 1 is 0.833 bits per heavy atom. The number of anilines is 1. The number of aryl methyl sites for hydroxylation is 1. The maximum Gasteiger partial charge on any atom is 0.211 e. The van der Waals surface area contributed by atoms with Gasteiger partial charge < -0.3 is 9.88 Å². The molecule has 3 aromatic carbocycles. The zero-order valence-electron chi connectivity index (χ0n) is 17.9. The summed E-state index contributed by atoms with van der Waals surface area (Å²) in [6.45, 7) is 4.35. The first kappa shape index (κ1) is 18.4. The molecular formula is C27H26N3+. The number of nitrogens with zero attached hydrogens (tertiary/aromatic N) is 1. The zero-order valence-corrected chi connectivity index (χ0v) is 17.9. The zero-order chi connectivity index (χ0) is 20.8. The molecule has 0 radical (unpaired) electrons. The summed E-state index contributed by atoms with van der Waals surface area (Å²) >= 11 is 0. The molecule has 0 atom stereocenters. The van der Waals surface area contributed by atoms with Crippen molar-refractivity contribution in [2.24, 2.45) is 0 Å². The minimum Gasteiger partial charge on any atom is -0.378 e. The van der Waals surface area contributed by atoms with Crippen molar-refractivity contribution in [3.05, 3.63) is 95.2 Å². The first-order valence-corrected chi connectivity index (χ1v) is 10.3. The van der Waals surface area contributed by atoms with Gasteiger partial charge in [0.05, 0.1) is 11.1 Å². The van der Waals surface area contributed by atoms with E-state index in [-0.39, 0.29) is 0 Å². The highest BCUT2D eigenvalue weighted by Gasteiger charge is 2.30. The summed E-state index contributed by atoms with van der Waals surface area (Å²) in [5, 5.41) is 1.26. The quantitative estimate of drug-likeness (QED) is 0.521. The minimum atomic E-state index is 1.17. The van der Waals surface area contributed by atoms with Crippen LogP contribution in [-0.2, 0) is 0 Å². The van der Waals surface area contributed by atoms with Crippen molar-refractivity contribution in [1.82, 2.24) is 4.98 Å². The van der Waals surface area contributed by atoms with Crippen molar-refractivity contribution < 1.29 is 4.99 Å². The second-order valence-electron chi connectivity index (χ2n) is 8.16. The van der Waals surface area contributed by atoms with Gasteiger partial charge in [0, 0.05) is 60.5 Å². The molecule has 0 amide bonds. The third-order valence-electron chi connectivity index (χ3n) is 5.96. The second-order valence-corrected chi connectivity index (χ2v) is 8.16. The van der Waals surface area contributed by atoms with Gasteiger partial charge in [-0.3, -0.25) is 0 Å². The molecule has 0 saturated carbocycles. The van der Waals surface area contributed by atoms with Crippen LogP contribution in [0.25, 0.3) is 22.0 Å². The molecule has 4 aromatic rings. The van der Waals surface area contributed by atoms with E-state index in [9.17, 15) is 0 Å². The number of rotatable bonds is 3. The summed E-state index contributed by atoms with van der Waals surface area (Å²) in [6.07, 6.45) is 0. The van der Waals surface area contributed by atoms with Gasteiger partial charge in [-0.25, -0.2) is 4.99 Å². The molecule has 30 heavy (non-hydrogen) atoms. The number of fused-ring (bicyclic) bond motifs is 2. The SMILES string of the molecule is CC1=[NH+]c2ccccc2C1=C(c1ccc(N(C)C)cc1)c1c(C)[nH]c2ccccc12. The molecular weight excluding hydrogens is 366 g/mol. The predicted molar refractivity (Wildman–Crippen MR) is 127 cm³/mol. The smallest absolute Gasteiger partial charge is 0.211 e. The Balaban J connectivity index is 1.86. The number of para-hydroxylation sites is 2. The monoisotopic (exact) mass is 392 g/mol. The summed E-state index contributed by atoms with van der Waals surface area (Å²) in [5.41, 5.74) is 12.2. The van der Waals surface area contributed by atoms with Crippen LogP contribution in [0.2, 0.25) is 0 Å². The van der Waals surface area contributed by atoms with Gasteiger partial charge in [-0.1, -0.05) is 42.5 Å². The van der Waals surface area contributed by atoms with E-state index >= 15 is 0 Å². The van der Waals surface area contributed by atoms with E-state index in [0.29, 0.717) is 0 Å². The lowest BCUT2D eigenvalue weighted by Gasteiger charge is -2.16. The van der Waals surface area contributed by atoms with E-state index in [1.807, 2.05) is 0 Å². The average molecular weight is 393 g/mol. The largest absolute Gasteiger partial charge is 0.378 e. The van der Waals surface area contributed by atoms with E-state index in [2.05, 4.69) is 116 Å². The second kappa shape index (κ2) is 7.03. The first-order valence-electron chi connectivity index (χ1n) is 10.3. The van der Waals surface area contributed by atoms with Gasteiger partial charge in [-0.15, -0.1) is 0 Å². The highest BCUT2D eigenvalue weighted by Crippen LogP contribution is 2.40. The lowest BCUT2D eigenvalue weighted by Crippen LogP contribution is -2.62. The van der Waals surface area contributed by atoms with Crippen LogP contribution >= 0.6 is 0 Å². The fraction of sp³-hybridized carbons (Fsp3) is 0.148. The van der Waals surface area contributed by atoms with Crippen LogP contribution in [0.3, 0.4) is 0 Å². The Morgan fingerprint density at radius 2 is 1.53 bits per heavy atom. The van der Waals surface area contributed by atoms with E-state index in [1.165, 1.54) is 61.5 Å². The van der Waals surface area contributed by atoms with E-state index < -0.39 is 0 Å². The third kappa shape index (κ3) is 2.86. The maximum absolute atomic E-state index is 3.60. The van der Waals surface area contributed by atoms with Crippen LogP contribution in [0.15, 0.2) is 72.8 Å². The van der Waals surface area contributed by atoms with Crippen LogP contribution in [0.1, 0.15) is 29.3 Å². The van der Waals surface area contributed by atoms with Gasteiger partial charge in [0.2, 0.25) is 5.69 Å². The number of H-pyrrole nitrogens is 1. The summed E-state index contributed by atoms with van der Waals surface area (Å²) in [5.74, 6) is 0. The molecule has 0 spiro atoms. The van der Waals surface area contributed by atoms with E-state index in [4.69, 9.17) is 0 Å². The number of benzene rings is 3. The van der Waals surface area contributed by atoms with Gasteiger partial charge in [0.25, 0.3) is 0 Å². The Kier molecular flexibility index (Phi) is 4.32. The molecule has 3 nitrogen and oxygen atoms in total. The molecule has 1 aliphatic heterocycles. The number of hydrogen-bond donors (Lipinski definition) is 2. The minimum absolute atomic E-state index is 1.17. The number of aromatic amines is 1. The van der Waals surface area contributed by atoms with Crippen molar-refractivity contribution >= 4 is 39.1 Å². The van der Waals surface area contributed by atoms with Gasteiger partial charge in [0.1, 0.15) is 0 Å². The van der Waals surface area contributed by atoms with E-state index in [1.54, 1.807) is 0 Å². The van der Waals surface area contributed by atoms with Gasteiger partial charge in [-0.2, -0.15) is 0 Å². The normalized spacial score (nSPS) is 14.6. The highest BCUT2D eigenvalue weighted by atomic mass is 15.1. The number of hydrogen-bond acceptors (Lipinski definition) is 1. The number of allylic oxidation sites excluding steroid dienone is 1. The van der Waals surface area contributed by atoms with E-state index in [0.717, 1.165) is 0 Å². The third-order valence-corrected chi connectivity index (χ3v) is 5.96. The summed E-state index contributed by atoms with van der Waals surface area (Å²) in [7, 11) is 4.15. The maximum atomic E-state index is 3.60. The van der Waals surface area contributed by atoms with Crippen LogP contribution in [-0.4, -0.2) is 24.8 Å². The molecule has 2 N–H and O–H groups in total. The molecule has 0 bridgehead atoms. The Hall–Kier alpha value is -3.59. The fourth-order valence-electron chi connectivity index (χ4n) is 4.54. The molecule has 148 valence electrons. The Morgan fingerprint density at radius 3 is 2.30 bits per heavy atom. The Bertz CT molecular complexity index is 1320. The standard InChI is InChI=1S/C27H25N3/c1-17-25(21-9-5-7-11-23(21)28-17)27(19-13-15-20(16-14-19)30(3)4)26-18(2)29-24-12-8-6-10-22(24)26/h5-16,28H,1-4H3/p+1. The molecule has 0 aliphatic carbocycles. The van der Waals surface area contributed by atoms with Gasteiger partial charge >= 0.3 is 0 Å². The number of nitrogens with one attached hydrogen (secondary N) is 2. The van der Waals surface area contributed by atoms with Crippen molar-refractivity contribution in [1.29, 1.82) is 0 Å². The molecule has 5 rings (SSSR count). The Labute approximate surface area is 177 Å². The van der Waals surface area contributed by atoms with Crippen LogP contribution in [0.5, 0.6) is 0 Å². The number of aromatic nitrogens is 1. The molecule has 0 fully saturated rings. The first-order chi connectivity index (χ1) is 14.5. The van der Waals surface area contributed by atoms with Gasteiger partial charge in [-0.05, 0) is 36.8 Å². The lowest BCUT2D eigenvalue weighted by molar-refractivity contribution is -0.349. The molecule has 3 heteroatoms. The summed E-state index contributed by atoms with van der Waals surface area (Å²) < 4.78 is 0. The van der Waals surface area contributed by atoms with Crippen molar-refractivity contribution in [2.45, 2.75) is 13.8 Å². The molecule has 0 saturated heterocycles. The molecule has 0 unspecified atom stereocenters. The summed E-state index contributed by atoms with van der Waals surface area (Å²) in [4.78, 5) is 9.33. The lowest BCUT2D eigenvalue weighted by atomic mass is 9.87. The van der Waals surface area contributed by atoms with Crippen molar-refractivity contribution in [2.75, 3.05) is 19.0 Å². The van der Waals surface area contributed by atoms with Crippen LogP contribution in [0, 0.1) is 6.92 Å².